The van der Waals surface area contributed by atoms with Crippen LogP contribution in [-0.2, 0) is 11.3 Å². The van der Waals surface area contributed by atoms with Crippen LogP contribution in [0.2, 0.25) is 5.02 Å². The smallest absolute Gasteiger partial charge is 0.410 e. The van der Waals surface area contributed by atoms with Crippen molar-refractivity contribution in [1.29, 1.82) is 0 Å². The van der Waals surface area contributed by atoms with E-state index < -0.39 is 5.60 Å². The third-order valence-electron chi connectivity index (χ3n) is 5.62. The highest BCUT2D eigenvalue weighted by molar-refractivity contribution is 6.33. The number of hydrogen-bond acceptors (Lipinski definition) is 5. The number of benzene rings is 1. The molecule has 1 aromatic carbocycles. The van der Waals surface area contributed by atoms with E-state index in [9.17, 15) is 9.90 Å². The summed E-state index contributed by atoms with van der Waals surface area (Å²) in [6, 6.07) is 6.48. The number of hydrogen-bond donors (Lipinski definition) is 1. The lowest BCUT2D eigenvalue weighted by Gasteiger charge is -2.40. The number of rotatable bonds is 3. The third kappa shape index (κ3) is 6.00. The first kappa shape index (κ1) is 22.2. The molecule has 2 aliphatic heterocycles. The van der Waals surface area contributed by atoms with Crippen LogP contribution >= 0.6 is 11.6 Å². The molecule has 3 rings (SSSR count). The van der Waals surface area contributed by atoms with E-state index >= 15 is 0 Å². The van der Waals surface area contributed by atoms with Crippen LogP contribution in [0, 0.1) is 0 Å². The summed E-state index contributed by atoms with van der Waals surface area (Å²) in [5.74, 6) is 0. The maximum Gasteiger partial charge on any atom is 0.410 e. The molecule has 162 valence electrons. The SMILES string of the molecule is CC1CN(C(=O)OC(C)(C)C)CCN1Cc1ccc(Cl)c(N2CCC(O)CC2)c1. The van der Waals surface area contributed by atoms with Crippen LogP contribution in [0.5, 0.6) is 0 Å². The van der Waals surface area contributed by atoms with Gasteiger partial charge in [-0.1, -0.05) is 17.7 Å². The fourth-order valence-corrected chi connectivity index (χ4v) is 4.20. The van der Waals surface area contributed by atoms with E-state index in [1.807, 2.05) is 26.8 Å². The molecule has 0 saturated carbocycles. The Morgan fingerprint density at radius 1 is 1.21 bits per heavy atom. The summed E-state index contributed by atoms with van der Waals surface area (Å²) >= 11 is 6.47. The average molecular weight is 424 g/mol. The summed E-state index contributed by atoms with van der Waals surface area (Å²) in [7, 11) is 0. The Hall–Kier alpha value is -1.50. The Morgan fingerprint density at radius 3 is 2.52 bits per heavy atom. The number of anilines is 1. The average Bonchev–Trinajstić information content (AvgIpc) is 2.64. The van der Waals surface area contributed by atoms with Gasteiger partial charge < -0.3 is 19.6 Å². The van der Waals surface area contributed by atoms with Crippen molar-refractivity contribution < 1.29 is 14.6 Å². The molecule has 1 atom stereocenters. The van der Waals surface area contributed by atoms with Crippen LogP contribution in [0.15, 0.2) is 18.2 Å². The standard InChI is InChI=1S/C22H34ClN3O3/c1-16-14-26(21(28)29-22(2,3)4)12-11-25(16)15-17-5-6-19(23)20(13-17)24-9-7-18(27)8-10-24/h5-6,13,16,18,27H,7-12,14-15H2,1-4H3. The van der Waals surface area contributed by atoms with Gasteiger partial charge in [-0.15, -0.1) is 0 Å². The Bertz CT molecular complexity index is 714. The molecule has 2 aliphatic rings. The van der Waals surface area contributed by atoms with Crippen LogP contribution in [0.3, 0.4) is 0 Å². The number of aliphatic hydroxyl groups excluding tert-OH is 1. The highest BCUT2D eigenvalue weighted by Gasteiger charge is 2.30. The van der Waals surface area contributed by atoms with Crippen molar-refractivity contribution in [2.45, 2.75) is 64.8 Å². The van der Waals surface area contributed by atoms with Gasteiger partial charge in [-0.05, 0) is 58.2 Å². The van der Waals surface area contributed by atoms with Crippen molar-refractivity contribution in [3.05, 3.63) is 28.8 Å². The van der Waals surface area contributed by atoms with Gasteiger partial charge in [0.1, 0.15) is 5.60 Å². The predicted octanol–water partition coefficient (Wildman–Crippen LogP) is 3.74. The van der Waals surface area contributed by atoms with Gasteiger partial charge in [0.15, 0.2) is 0 Å². The van der Waals surface area contributed by atoms with Gasteiger partial charge in [0.2, 0.25) is 0 Å². The molecule has 1 amide bonds. The maximum atomic E-state index is 12.4. The van der Waals surface area contributed by atoms with Crippen LogP contribution < -0.4 is 4.90 Å². The maximum absolute atomic E-state index is 12.4. The number of aliphatic hydroxyl groups is 1. The molecule has 0 radical (unpaired) electrons. The molecular formula is C22H34ClN3O3. The summed E-state index contributed by atoms with van der Waals surface area (Å²) in [6.45, 7) is 12.5. The summed E-state index contributed by atoms with van der Waals surface area (Å²) in [6.07, 6.45) is 1.13. The number of halogens is 1. The zero-order valence-electron chi connectivity index (χ0n) is 18.0. The number of nitrogens with zero attached hydrogens (tertiary/aromatic N) is 3. The monoisotopic (exact) mass is 423 g/mol. The number of piperidine rings is 1. The van der Waals surface area contributed by atoms with Crippen LogP contribution in [0.4, 0.5) is 10.5 Å². The van der Waals surface area contributed by atoms with Crippen molar-refractivity contribution in [3.63, 3.8) is 0 Å². The Kier molecular flexibility index (Phi) is 6.97. The fraction of sp³-hybridized carbons (Fsp3) is 0.682. The topological polar surface area (TPSA) is 56.2 Å². The molecule has 2 fully saturated rings. The van der Waals surface area contributed by atoms with Crippen molar-refractivity contribution in [3.8, 4) is 0 Å². The van der Waals surface area contributed by atoms with Crippen molar-refractivity contribution in [1.82, 2.24) is 9.80 Å². The van der Waals surface area contributed by atoms with E-state index in [1.54, 1.807) is 4.90 Å². The lowest BCUT2D eigenvalue weighted by atomic mass is 10.1. The molecule has 0 aliphatic carbocycles. The van der Waals surface area contributed by atoms with Crippen molar-refractivity contribution >= 4 is 23.4 Å². The largest absolute Gasteiger partial charge is 0.444 e. The molecule has 1 unspecified atom stereocenters. The molecule has 2 saturated heterocycles. The zero-order chi connectivity index (χ0) is 21.2. The van der Waals surface area contributed by atoms with Gasteiger partial charge in [-0.2, -0.15) is 0 Å². The quantitative estimate of drug-likeness (QED) is 0.802. The van der Waals surface area contributed by atoms with Crippen molar-refractivity contribution in [2.24, 2.45) is 0 Å². The molecule has 0 spiro atoms. The lowest BCUT2D eigenvalue weighted by Crippen LogP contribution is -2.54. The summed E-state index contributed by atoms with van der Waals surface area (Å²) in [5, 5.41) is 10.5. The molecule has 0 aromatic heterocycles. The minimum Gasteiger partial charge on any atom is -0.444 e. The first-order valence-corrected chi connectivity index (χ1v) is 10.9. The van der Waals surface area contributed by atoms with E-state index in [0.717, 1.165) is 49.7 Å². The highest BCUT2D eigenvalue weighted by Crippen LogP contribution is 2.30. The van der Waals surface area contributed by atoms with Gasteiger partial charge in [-0.25, -0.2) is 4.79 Å². The van der Waals surface area contributed by atoms with Gasteiger partial charge in [0, 0.05) is 45.3 Å². The molecule has 7 heteroatoms. The molecule has 0 bridgehead atoms. The molecular weight excluding hydrogens is 390 g/mol. The van der Waals surface area contributed by atoms with Gasteiger partial charge >= 0.3 is 6.09 Å². The number of ether oxygens (including phenoxy) is 1. The fourth-order valence-electron chi connectivity index (χ4n) is 3.96. The van der Waals surface area contributed by atoms with Gasteiger partial charge in [-0.3, -0.25) is 4.90 Å². The summed E-state index contributed by atoms with van der Waals surface area (Å²) in [4.78, 5) is 18.8. The third-order valence-corrected chi connectivity index (χ3v) is 5.94. The van der Waals surface area contributed by atoms with Gasteiger partial charge in [0.05, 0.1) is 16.8 Å². The van der Waals surface area contributed by atoms with E-state index in [1.165, 1.54) is 5.56 Å². The minimum absolute atomic E-state index is 0.199. The van der Waals surface area contributed by atoms with Crippen molar-refractivity contribution in [2.75, 3.05) is 37.6 Å². The summed E-state index contributed by atoms with van der Waals surface area (Å²) in [5.41, 5.74) is 1.80. The summed E-state index contributed by atoms with van der Waals surface area (Å²) < 4.78 is 5.51. The Morgan fingerprint density at radius 2 is 1.90 bits per heavy atom. The Balaban J connectivity index is 1.61. The van der Waals surface area contributed by atoms with Gasteiger partial charge in [0.25, 0.3) is 0 Å². The molecule has 1 aromatic rings. The second-order valence-corrected chi connectivity index (χ2v) is 9.66. The molecule has 6 nitrogen and oxygen atoms in total. The second-order valence-electron chi connectivity index (χ2n) is 9.25. The second kappa shape index (κ2) is 9.11. The first-order chi connectivity index (χ1) is 13.6. The predicted molar refractivity (Wildman–Crippen MR) is 117 cm³/mol. The Labute approximate surface area is 179 Å². The molecule has 1 N–H and O–H groups in total. The minimum atomic E-state index is -0.471. The van der Waals surface area contributed by atoms with Crippen LogP contribution in [-0.4, -0.2) is 71.5 Å². The highest BCUT2D eigenvalue weighted by atomic mass is 35.5. The number of amides is 1. The number of carbonyl (C=O) groups excluding carboxylic acids is 1. The zero-order valence-corrected chi connectivity index (χ0v) is 18.8. The molecule has 29 heavy (non-hydrogen) atoms. The van der Waals surface area contributed by atoms with E-state index in [0.29, 0.717) is 13.1 Å². The molecule has 2 heterocycles. The van der Waals surface area contributed by atoms with E-state index in [2.05, 4.69) is 28.9 Å². The number of piperazine rings is 1. The first-order valence-electron chi connectivity index (χ1n) is 10.6. The normalized spacial score (nSPS) is 22.1. The van der Waals surface area contributed by atoms with Crippen LogP contribution in [0.25, 0.3) is 0 Å². The van der Waals surface area contributed by atoms with E-state index in [4.69, 9.17) is 16.3 Å². The number of carbonyl (C=O) groups is 1. The van der Waals surface area contributed by atoms with E-state index in [-0.39, 0.29) is 18.2 Å². The van der Waals surface area contributed by atoms with Crippen LogP contribution in [0.1, 0.15) is 46.1 Å². The lowest BCUT2D eigenvalue weighted by molar-refractivity contribution is 0.00461.